The Hall–Kier alpha value is -3.78. The number of nitrogens with one attached hydrogen (secondary N) is 1. The van der Waals surface area contributed by atoms with E-state index in [-0.39, 0.29) is 22.4 Å². The average molecular weight is 414 g/mol. The number of para-hydroxylation sites is 1. The second kappa shape index (κ2) is 6.93. The number of benzene rings is 2. The van der Waals surface area contributed by atoms with Crippen LogP contribution in [0.5, 0.6) is 0 Å². The van der Waals surface area contributed by atoms with Gasteiger partial charge >= 0.3 is 0 Å². The first kappa shape index (κ1) is 18.3. The molecule has 1 amide bonds. The van der Waals surface area contributed by atoms with Crippen LogP contribution in [-0.4, -0.2) is 27.0 Å². The van der Waals surface area contributed by atoms with Gasteiger partial charge in [0.25, 0.3) is 5.91 Å². The van der Waals surface area contributed by atoms with E-state index in [1.165, 1.54) is 29.1 Å². The maximum absolute atomic E-state index is 12.7. The number of rotatable bonds is 2. The van der Waals surface area contributed by atoms with Gasteiger partial charge in [0.05, 0.1) is 16.5 Å². The van der Waals surface area contributed by atoms with Crippen molar-refractivity contribution in [2.24, 2.45) is 10.1 Å². The minimum atomic E-state index is -0.591. The van der Waals surface area contributed by atoms with Gasteiger partial charge in [0.2, 0.25) is 5.17 Å². The minimum Gasteiger partial charge on any atom is -0.463 e. The van der Waals surface area contributed by atoms with E-state index in [0.29, 0.717) is 21.2 Å². The molecule has 0 unspecified atom stereocenters. The number of aliphatic imine (C=N–C) groups is 1. The Kier molecular flexibility index (Phi) is 4.22. The average Bonchev–Trinajstić information content (AvgIpc) is 3.17. The molecule has 0 aliphatic carbocycles. The molecule has 0 spiro atoms. The van der Waals surface area contributed by atoms with E-state index in [4.69, 9.17) is 9.83 Å². The maximum atomic E-state index is 12.7. The van der Waals surface area contributed by atoms with Crippen molar-refractivity contribution in [2.75, 3.05) is 0 Å². The Morgan fingerprint density at radius 2 is 1.97 bits per heavy atom. The van der Waals surface area contributed by atoms with E-state index < -0.39 is 5.91 Å². The molecule has 2 aliphatic rings. The summed E-state index contributed by atoms with van der Waals surface area (Å²) in [4.78, 5) is 29.4. The van der Waals surface area contributed by atoms with Crippen molar-refractivity contribution in [3.8, 4) is 0 Å². The summed E-state index contributed by atoms with van der Waals surface area (Å²) in [5.74, 6) is -0.722. The van der Waals surface area contributed by atoms with Gasteiger partial charge in [0.15, 0.2) is 11.3 Å². The van der Waals surface area contributed by atoms with Gasteiger partial charge in [0, 0.05) is 5.56 Å². The number of nitrogens with zero attached hydrogens (tertiary/aromatic N) is 3. The van der Waals surface area contributed by atoms with Crippen molar-refractivity contribution in [3.05, 3.63) is 87.3 Å². The van der Waals surface area contributed by atoms with Crippen LogP contribution < -0.4 is 5.43 Å². The molecule has 8 heteroatoms. The quantitative estimate of drug-likeness (QED) is 0.644. The van der Waals surface area contributed by atoms with Gasteiger partial charge in [0.1, 0.15) is 16.9 Å². The largest absolute Gasteiger partial charge is 0.463 e. The third-order valence-corrected chi connectivity index (χ3v) is 5.68. The van der Waals surface area contributed by atoms with E-state index in [2.05, 4.69) is 10.1 Å². The molecule has 2 aliphatic heterocycles. The summed E-state index contributed by atoms with van der Waals surface area (Å²) in [6.45, 7) is 1.98. The molecule has 30 heavy (non-hydrogen) atoms. The van der Waals surface area contributed by atoms with Crippen LogP contribution in [-0.2, 0) is 4.79 Å². The lowest BCUT2D eigenvalue weighted by Gasteiger charge is -2.20. The van der Waals surface area contributed by atoms with Gasteiger partial charge in [-0.05, 0) is 43.0 Å². The van der Waals surface area contributed by atoms with Crippen LogP contribution in [0.15, 0.2) is 79.7 Å². The van der Waals surface area contributed by atoms with Gasteiger partial charge in [-0.15, -0.1) is 0 Å². The molecular weight excluding hydrogens is 400 g/mol. The number of amidine groups is 2. The number of amides is 1. The molecule has 0 saturated carbocycles. The van der Waals surface area contributed by atoms with Crippen molar-refractivity contribution in [3.63, 3.8) is 0 Å². The van der Waals surface area contributed by atoms with Gasteiger partial charge in [-0.25, -0.2) is 0 Å². The van der Waals surface area contributed by atoms with Crippen LogP contribution >= 0.6 is 11.8 Å². The summed E-state index contributed by atoms with van der Waals surface area (Å²) in [5, 5.41) is 15.6. The Labute approximate surface area is 174 Å². The standard InChI is InChI=1S/C22H14N4O3S/c1-12-5-4-6-13(9-12)21-25-26-19(23)16(20(28)24-22(26)30-21)10-14-11-29-17-8-3-2-7-15(17)18(14)27/h2-11,23H,1H3/b16-10+,23-19?. The number of fused-ring (bicyclic) bond motifs is 2. The minimum absolute atomic E-state index is 0.0174. The van der Waals surface area contributed by atoms with E-state index in [0.717, 1.165) is 11.1 Å². The van der Waals surface area contributed by atoms with Gasteiger partial charge in [-0.1, -0.05) is 35.9 Å². The number of hydrogen-bond donors (Lipinski definition) is 1. The van der Waals surface area contributed by atoms with E-state index in [9.17, 15) is 9.59 Å². The van der Waals surface area contributed by atoms with Gasteiger partial charge < -0.3 is 4.42 Å². The summed E-state index contributed by atoms with van der Waals surface area (Å²) < 4.78 is 5.50. The summed E-state index contributed by atoms with van der Waals surface area (Å²) in [6.07, 6.45) is 2.63. The predicted octanol–water partition coefficient (Wildman–Crippen LogP) is 3.77. The van der Waals surface area contributed by atoms with Gasteiger partial charge in [-0.2, -0.15) is 15.1 Å². The van der Waals surface area contributed by atoms with Crippen molar-refractivity contribution < 1.29 is 9.21 Å². The van der Waals surface area contributed by atoms with Crippen molar-refractivity contribution in [2.45, 2.75) is 6.92 Å². The summed E-state index contributed by atoms with van der Waals surface area (Å²) in [6, 6.07) is 14.7. The molecule has 1 N–H and O–H groups in total. The molecule has 0 saturated heterocycles. The number of aryl methyl sites for hydroxylation is 1. The highest BCUT2D eigenvalue weighted by atomic mass is 32.2. The molecule has 3 aromatic rings. The predicted molar refractivity (Wildman–Crippen MR) is 118 cm³/mol. The summed E-state index contributed by atoms with van der Waals surface area (Å²) in [7, 11) is 0. The number of thioether (sulfide) groups is 1. The molecule has 1 aromatic heterocycles. The fraction of sp³-hybridized carbons (Fsp3) is 0.0455. The van der Waals surface area contributed by atoms with Crippen molar-refractivity contribution in [1.82, 2.24) is 5.01 Å². The first-order chi connectivity index (χ1) is 14.5. The normalized spacial score (nSPS) is 17.4. The van der Waals surface area contributed by atoms with Crippen LogP contribution in [0, 0.1) is 12.3 Å². The Morgan fingerprint density at radius 1 is 1.13 bits per heavy atom. The molecule has 0 atom stereocenters. The second-order valence-electron chi connectivity index (χ2n) is 6.81. The smallest absolute Gasteiger partial charge is 0.283 e. The lowest BCUT2D eigenvalue weighted by atomic mass is 10.1. The van der Waals surface area contributed by atoms with Crippen LogP contribution in [0.2, 0.25) is 0 Å². The molecule has 0 bridgehead atoms. The van der Waals surface area contributed by atoms with Crippen LogP contribution in [0.3, 0.4) is 0 Å². The van der Waals surface area contributed by atoms with E-state index in [1.807, 2.05) is 31.2 Å². The Morgan fingerprint density at radius 3 is 2.80 bits per heavy atom. The lowest BCUT2D eigenvalue weighted by Crippen LogP contribution is -2.35. The topological polar surface area (TPSA) is 99.1 Å². The second-order valence-corrected chi connectivity index (χ2v) is 7.77. The van der Waals surface area contributed by atoms with E-state index in [1.54, 1.807) is 24.3 Å². The summed E-state index contributed by atoms with van der Waals surface area (Å²) in [5.41, 5.74) is 2.31. The van der Waals surface area contributed by atoms with Gasteiger partial charge in [-0.3, -0.25) is 15.0 Å². The molecule has 5 rings (SSSR count). The third kappa shape index (κ3) is 2.98. The Balaban J connectivity index is 1.55. The SMILES string of the molecule is Cc1cccc(C2=NN3C(=N)/C(=C\c4coc5ccccc5c4=O)C(=O)N=C3S2)c1. The molecule has 2 aromatic carbocycles. The monoisotopic (exact) mass is 414 g/mol. The zero-order valence-corrected chi connectivity index (χ0v) is 16.6. The molecule has 0 fully saturated rings. The van der Waals surface area contributed by atoms with Crippen LogP contribution in [0.25, 0.3) is 17.0 Å². The maximum Gasteiger partial charge on any atom is 0.283 e. The fourth-order valence-corrected chi connectivity index (χ4v) is 4.12. The van der Waals surface area contributed by atoms with Crippen molar-refractivity contribution in [1.29, 1.82) is 5.41 Å². The highest BCUT2D eigenvalue weighted by molar-refractivity contribution is 8.27. The number of carbonyl (C=O) groups is 1. The molecule has 146 valence electrons. The zero-order valence-electron chi connectivity index (χ0n) is 15.7. The highest BCUT2D eigenvalue weighted by Gasteiger charge is 2.36. The fourth-order valence-electron chi connectivity index (χ4n) is 3.23. The van der Waals surface area contributed by atoms with Crippen LogP contribution in [0.4, 0.5) is 0 Å². The van der Waals surface area contributed by atoms with Crippen LogP contribution in [0.1, 0.15) is 16.7 Å². The number of hydrogen-bond acceptors (Lipinski definition) is 6. The molecule has 0 radical (unpaired) electrons. The third-order valence-electron chi connectivity index (χ3n) is 4.73. The molecule has 3 heterocycles. The first-order valence-electron chi connectivity index (χ1n) is 9.09. The molecule has 7 nitrogen and oxygen atoms in total. The number of carbonyl (C=O) groups excluding carboxylic acids is 1. The van der Waals surface area contributed by atoms with Crippen molar-refractivity contribution >= 4 is 50.8 Å². The summed E-state index contributed by atoms with van der Waals surface area (Å²) >= 11 is 1.23. The Bertz CT molecular complexity index is 1400. The zero-order chi connectivity index (χ0) is 20.8. The highest BCUT2D eigenvalue weighted by Crippen LogP contribution is 2.31. The number of hydrazone groups is 1. The first-order valence-corrected chi connectivity index (χ1v) is 9.91. The molecular formula is C22H14N4O3S. The lowest BCUT2D eigenvalue weighted by molar-refractivity contribution is -0.114. The van der Waals surface area contributed by atoms with E-state index >= 15 is 0 Å².